The summed E-state index contributed by atoms with van der Waals surface area (Å²) in [4.78, 5) is 0. The fraction of sp³-hybridized carbons (Fsp3) is 0.500. The summed E-state index contributed by atoms with van der Waals surface area (Å²) in [5.74, 6) is 1.45. The Morgan fingerprint density at radius 1 is 1.29 bits per heavy atom. The third kappa shape index (κ3) is 5.62. The van der Waals surface area contributed by atoms with Crippen molar-refractivity contribution in [3.8, 4) is 6.07 Å². The fourth-order valence-electron chi connectivity index (χ4n) is 3.55. The minimum atomic E-state index is -2.07. The van der Waals surface area contributed by atoms with E-state index in [1.54, 1.807) is 6.07 Å². The van der Waals surface area contributed by atoms with E-state index < -0.39 is 14.4 Å². The molecule has 0 amide bonds. The van der Waals surface area contributed by atoms with E-state index in [1.807, 2.05) is 26.0 Å². The van der Waals surface area contributed by atoms with E-state index in [1.165, 1.54) is 0 Å². The van der Waals surface area contributed by atoms with E-state index in [0.29, 0.717) is 28.3 Å². The van der Waals surface area contributed by atoms with Gasteiger partial charge in [0.25, 0.3) is 0 Å². The Labute approximate surface area is 209 Å². The highest BCUT2D eigenvalue weighted by Gasteiger charge is 2.41. The quantitative estimate of drug-likeness (QED) is 0.399. The van der Waals surface area contributed by atoms with E-state index in [-0.39, 0.29) is 11.1 Å². The van der Waals surface area contributed by atoms with Crippen LogP contribution in [0.15, 0.2) is 34.8 Å². The number of allylic oxidation sites excluding steroid dienone is 4. The van der Waals surface area contributed by atoms with Gasteiger partial charge in [0.15, 0.2) is 8.32 Å². The number of benzene rings is 1. The molecule has 3 atom stereocenters. The SMILES string of the molecule is Cc1c(N[C@@H](c2nnc(C3=CCC(C)C=C3)o2)[C@@H](C)O[Si](C)(C)C(C)(C)C)ccc(C#N)c1Cl. The molecule has 0 saturated carbocycles. The molecule has 0 aliphatic heterocycles. The van der Waals surface area contributed by atoms with Crippen molar-refractivity contribution in [3.63, 3.8) is 0 Å². The standard InChI is InChI=1S/C26H35ClN4O2Si/c1-16-9-11-19(12-10-16)24-30-31-25(32-24)23(18(3)33-34(7,8)26(4,5)6)29-21-14-13-20(15-28)22(27)17(21)2/h9,11-14,16,18,23,29H,10H2,1-8H3/t16?,18-,23-/m1/s1. The number of hydrogen-bond donors (Lipinski definition) is 1. The van der Waals surface area contributed by atoms with Crippen molar-refractivity contribution in [3.05, 3.63) is 58.3 Å². The first-order chi connectivity index (χ1) is 15.8. The zero-order chi connectivity index (χ0) is 25.3. The first-order valence-electron chi connectivity index (χ1n) is 11.7. The van der Waals surface area contributed by atoms with Gasteiger partial charge < -0.3 is 14.2 Å². The Kier molecular flexibility index (Phi) is 7.76. The summed E-state index contributed by atoms with van der Waals surface area (Å²) in [6.45, 7) is 17.2. The molecule has 3 rings (SSSR count). The Hall–Kier alpha value is -2.40. The molecule has 0 radical (unpaired) electrons. The maximum Gasteiger partial charge on any atom is 0.247 e. The number of nitriles is 1. The lowest BCUT2D eigenvalue weighted by Crippen LogP contribution is -2.45. The average Bonchev–Trinajstić information content (AvgIpc) is 3.24. The van der Waals surface area contributed by atoms with Crippen LogP contribution in [0.2, 0.25) is 23.2 Å². The number of rotatable bonds is 7. The van der Waals surface area contributed by atoms with Gasteiger partial charge in [-0.1, -0.05) is 57.5 Å². The van der Waals surface area contributed by atoms with Crippen LogP contribution in [0.1, 0.15) is 70.0 Å². The lowest BCUT2D eigenvalue weighted by molar-refractivity contribution is 0.165. The highest BCUT2D eigenvalue weighted by molar-refractivity contribution is 6.74. The van der Waals surface area contributed by atoms with Crippen LogP contribution in [0.5, 0.6) is 0 Å². The molecular formula is C26H35ClN4O2Si. The first kappa shape index (κ1) is 26.2. The van der Waals surface area contributed by atoms with Crippen molar-refractivity contribution in [2.45, 2.75) is 78.2 Å². The van der Waals surface area contributed by atoms with E-state index in [9.17, 15) is 5.26 Å². The van der Waals surface area contributed by atoms with Gasteiger partial charge >= 0.3 is 0 Å². The minimum absolute atomic E-state index is 0.0495. The Morgan fingerprint density at radius 2 is 2.00 bits per heavy atom. The van der Waals surface area contributed by atoms with Gasteiger partial charge in [0.1, 0.15) is 12.1 Å². The van der Waals surface area contributed by atoms with Crippen molar-refractivity contribution in [1.29, 1.82) is 5.26 Å². The number of nitrogens with zero attached hydrogens (tertiary/aromatic N) is 3. The Balaban J connectivity index is 1.97. The van der Waals surface area contributed by atoms with Crippen LogP contribution in [0, 0.1) is 24.2 Å². The van der Waals surface area contributed by atoms with Gasteiger partial charge in [-0.15, -0.1) is 10.2 Å². The van der Waals surface area contributed by atoms with Crippen LogP contribution in [-0.2, 0) is 4.43 Å². The topological polar surface area (TPSA) is 84.0 Å². The van der Waals surface area contributed by atoms with Crippen LogP contribution in [0.3, 0.4) is 0 Å². The number of aromatic nitrogens is 2. The minimum Gasteiger partial charge on any atom is -0.418 e. The molecule has 0 saturated heterocycles. The molecule has 1 aromatic heterocycles. The zero-order valence-electron chi connectivity index (χ0n) is 21.4. The van der Waals surface area contributed by atoms with Crippen LogP contribution in [0.4, 0.5) is 5.69 Å². The number of nitrogens with one attached hydrogen (secondary N) is 1. The van der Waals surface area contributed by atoms with Gasteiger partial charge in [0, 0.05) is 11.3 Å². The lowest BCUT2D eigenvalue weighted by atomic mass is 9.99. The van der Waals surface area contributed by atoms with Gasteiger partial charge in [-0.3, -0.25) is 0 Å². The number of anilines is 1. The third-order valence-corrected chi connectivity index (χ3v) is 11.9. The Morgan fingerprint density at radius 3 is 2.59 bits per heavy atom. The zero-order valence-corrected chi connectivity index (χ0v) is 23.1. The summed E-state index contributed by atoms with van der Waals surface area (Å²) < 4.78 is 12.9. The average molecular weight is 499 g/mol. The van der Waals surface area contributed by atoms with Crippen molar-refractivity contribution in [1.82, 2.24) is 10.2 Å². The largest absolute Gasteiger partial charge is 0.418 e. The van der Waals surface area contributed by atoms with Crippen molar-refractivity contribution >= 4 is 31.2 Å². The van der Waals surface area contributed by atoms with Gasteiger partial charge in [-0.05, 0) is 62.0 Å². The molecule has 34 heavy (non-hydrogen) atoms. The van der Waals surface area contributed by atoms with E-state index >= 15 is 0 Å². The van der Waals surface area contributed by atoms with E-state index in [0.717, 1.165) is 23.2 Å². The summed E-state index contributed by atoms with van der Waals surface area (Å²) >= 11 is 6.44. The molecule has 1 N–H and O–H groups in total. The van der Waals surface area contributed by atoms with Gasteiger partial charge in [-0.2, -0.15) is 5.26 Å². The van der Waals surface area contributed by atoms with Crippen LogP contribution in [0.25, 0.3) is 5.57 Å². The van der Waals surface area contributed by atoms with Crippen LogP contribution < -0.4 is 5.32 Å². The molecule has 0 bridgehead atoms. The number of halogens is 1. The molecule has 1 aromatic carbocycles. The maximum absolute atomic E-state index is 9.31. The van der Waals surface area contributed by atoms with E-state index in [4.69, 9.17) is 20.4 Å². The highest BCUT2D eigenvalue weighted by Crippen LogP contribution is 2.40. The van der Waals surface area contributed by atoms with Crippen LogP contribution in [-0.4, -0.2) is 24.6 Å². The molecule has 1 unspecified atom stereocenters. The maximum atomic E-state index is 9.31. The van der Waals surface area contributed by atoms with Crippen LogP contribution >= 0.6 is 11.6 Å². The normalized spacial score (nSPS) is 18.2. The Bertz CT molecular complexity index is 1140. The highest BCUT2D eigenvalue weighted by atomic mass is 35.5. The molecular weight excluding hydrogens is 464 g/mol. The smallest absolute Gasteiger partial charge is 0.247 e. The molecule has 1 heterocycles. The summed E-state index contributed by atoms with van der Waals surface area (Å²) in [5.41, 5.74) is 2.96. The van der Waals surface area contributed by atoms with Crippen molar-refractivity contribution in [2.24, 2.45) is 5.92 Å². The third-order valence-electron chi connectivity index (χ3n) is 6.84. The fourth-order valence-corrected chi connectivity index (χ4v) is 5.17. The predicted octanol–water partition coefficient (Wildman–Crippen LogP) is 7.45. The molecule has 1 aliphatic carbocycles. The lowest BCUT2D eigenvalue weighted by Gasteiger charge is -2.40. The van der Waals surface area contributed by atoms with Gasteiger partial charge in [-0.25, -0.2) is 0 Å². The van der Waals surface area contributed by atoms with Crippen molar-refractivity contribution in [2.75, 3.05) is 5.32 Å². The summed E-state index contributed by atoms with van der Waals surface area (Å²) in [5, 5.41) is 22.1. The number of hydrogen-bond acceptors (Lipinski definition) is 6. The second kappa shape index (κ2) is 10.1. The van der Waals surface area contributed by atoms with E-state index in [2.05, 4.69) is 74.5 Å². The van der Waals surface area contributed by atoms with Crippen molar-refractivity contribution < 1.29 is 8.84 Å². The second-order valence-corrected chi connectivity index (χ2v) is 15.7. The molecule has 0 fully saturated rings. The summed E-state index contributed by atoms with van der Waals surface area (Å²) in [6, 6.07) is 5.30. The molecule has 182 valence electrons. The molecule has 6 nitrogen and oxygen atoms in total. The summed E-state index contributed by atoms with van der Waals surface area (Å²) in [6.07, 6.45) is 7.01. The molecule has 2 aromatic rings. The summed E-state index contributed by atoms with van der Waals surface area (Å²) in [7, 11) is -2.07. The molecule has 1 aliphatic rings. The van der Waals surface area contributed by atoms with Gasteiger partial charge in [0.2, 0.25) is 11.8 Å². The predicted molar refractivity (Wildman–Crippen MR) is 140 cm³/mol. The first-order valence-corrected chi connectivity index (χ1v) is 15.0. The molecule has 8 heteroatoms. The van der Waals surface area contributed by atoms with Gasteiger partial charge in [0.05, 0.1) is 16.7 Å². The second-order valence-electron chi connectivity index (χ2n) is 10.6. The molecule has 0 spiro atoms. The monoisotopic (exact) mass is 498 g/mol.